The molecule has 26 heavy (non-hydrogen) atoms. The van der Waals surface area contributed by atoms with E-state index >= 15 is 0 Å². The van der Waals surface area contributed by atoms with Crippen LogP contribution in [0.5, 0.6) is 0 Å². The van der Waals surface area contributed by atoms with Crippen molar-refractivity contribution in [2.45, 2.75) is 24.9 Å². The van der Waals surface area contributed by atoms with Crippen LogP contribution in [0, 0.1) is 11.3 Å². The summed E-state index contributed by atoms with van der Waals surface area (Å²) in [4.78, 5) is 8.47. The number of aliphatic hydroxyl groups is 1. The Kier molecular flexibility index (Phi) is 3.68. The number of thiophene rings is 1. The van der Waals surface area contributed by atoms with Crippen LogP contribution in [0.4, 0.5) is 0 Å². The molecular formula is C20H15N3OS2. The van der Waals surface area contributed by atoms with Gasteiger partial charge in [-0.2, -0.15) is 5.26 Å². The maximum absolute atomic E-state index is 11.1. The number of imidazole rings is 1. The smallest absolute Gasteiger partial charge is 0.130 e. The first-order chi connectivity index (χ1) is 12.8. The highest BCUT2D eigenvalue weighted by molar-refractivity contribution is 7.17. The molecule has 5 rings (SSSR count). The molecule has 0 saturated heterocycles. The molecule has 1 aliphatic rings. The summed E-state index contributed by atoms with van der Waals surface area (Å²) in [6, 6.07) is 13.8. The van der Waals surface area contributed by atoms with Crippen LogP contribution < -0.4 is 0 Å². The molecule has 1 aromatic carbocycles. The average Bonchev–Trinajstić information content (AvgIpc) is 3.09. The molecule has 0 spiro atoms. The van der Waals surface area contributed by atoms with Crippen LogP contribution in [0.1, 0.15) is 45.9 Å². The summed E-state index contributed by atoms with van der Waals surface area (Å²) >= 11 is 3.28. The Morgan fingerprint density at radius 2 is 2.04 bits per heavy atom. The second kappa shape index (κ2) is 6.06. The second-order valence-electron chi connectivity index (χ2n) is 6.49. The van der Waals surface area contributed by atoms with Gasteiger partial charge in [-0.1, -0.05) is 18.2 Å². The van der Waals surface area contributed by atoms with Crippen molar-refractivity contribution in [2.75, 3.05) is 0 Å². The van der Waals surface area contributed by atoms with Crippen LogP contribution in [0.25, 0.3) is 15.3 Å². The Bertz CT molecular complexity index is 1140. The molecular weight excluding hydrogens is 362 g/mol. The van der Waals surface area contributed by atoms with Gasteiger partial charge in [0, 0.05) is 20.2 Å². The molecule has 1 unspecified atom stereocenters. The number of benzene rings is 1. The largest absolute Gasteiger partial charge is 0.381 e. The minimum atomic E-state index is -0.679. The highest BCUT2D eigenvalue weighted by Crippen LogP contribution is 2.48. The third-order valence-corrected chi connectivity index (χ3v) is 7.19. The van der Waals surface area contributed by atoms with E-state index < -0.39 is 6.10 Å². The van der Waals surface area contributed by atoms with Gasteiger partial charge in [0.05, 0.1) is 23.5 Å². The molecule has 3 heterocycles. The molecule has 3 aromatic heterocycles. The Morgan fingerprint density at radius 3 is 2.85 bits per heavy atom. The molecule has 1 saturated carbocycles. The van der Waals surface area contributed by atoms with Gasteiger partial charge in [-0.05, 0) is 37.0 Å². The SMILES string of the molecule is N#Cc1ccccc1-c1ccc(C(O)c2c(C3CC3)sc3cncn23)s1. The quantitative estimate of drug-likeness (QED) is 0.547. The molecule has 1 aliphatic carbocycles. The van der Waals surface area contributed by atoms with Crippen LogP contribution in [0.15, 0.2) is 48.9 Å². The predicted molar refractivity (Wildman–Crippen MR) is 104 cm³/mol. The molecule has 4 nitrogen and oxygen atoms in total. The number of hydrogen-bond acceptors (Lipinski definition) is 5. The van der Waals surface area contributed by atoms with E-state index in [1.807, 2.05) is 47.0 Å². The van der Waals surface area contributed by atoms with E-state index in [9.17, 15) is 10.4 Å². The van der Waals surface area contributed by atoms with Gasteiger partial charge in [0.1, 0.15) is 17.3 Å². The monoisotopic (exact) mass is 377 g/mol. The summed E-state index contributed by atoms with van der Waals surface area (Å²) in [6.45, 7) is 0. The molecule has 1 fully saturated rings. The van der Waals surface area contributed by atoms with Gasteiger partial charge in [0.2, 0.25) is 0 Å². The fourth-order valence-electron chi connectivity index (χ4n) is 3.30. The molecule has 1 N–H and O–H groups in total. The first kappa shape index (κ1) is 15.8. The van der Waals surface area contributed by atoms with E-state index in [-0.39, 0.29) is 0 Å². The zero-order chi connectivity index (χ0) is 17.7. The van der Waals surface area contributed by atoms with Gasteiger partial charge in [0.15, 0.2) is 0 Å². The normalized spacial score (nSPS) is 15.2. The molecule has 0 amide bonds. The lowest BCUT2D eigenvalue weighted by Gasteiger charge is -2.10. The van der Waals surface area contributed by atoms with Crippen molar-refractivity contribution in [3.05, 3.63) is 69.9 Å². The van der Waals surface area contributed by atoms with Crippen LogP contribution >= 0.6 is 22.7 Å². The van der Waals surface area contributed by atoms with Crippen molar-refractivity contribution in [3.63, 3.8) is 0 Å². The van der Waals surface area contributed by atoms with Crippen molar-refractivity contribution in [1.29, 1.82) is 5.26 Å². The Labute approximate surface area is 158 Å². The maximum Gasteiger partial charge on any atom is 0.130 e. The highest BCUT2D eigenvalue weighted by atomic mass is 32.1. The lowest BCUT2D eigenvalue weighted by Crippen LogP contribution is -2.03. The molecule has 1 atom stereocenters. The number of nitrogens with zero attached hydrogens (tertiary/aromatic N) is 3. The van der Waals surface area contributed by atoms with Gasteiger partial charge in [0.25, 0.3) is 0 Å². The van der Waals surface area contributed by atoms with E-state index in [0.717, 1.165) is 25.8 Å². The van der Waals surface area contributed by atoms with E-state index in [0.29, 0.717) is 11.5 Å². The lowest BCUT2D eigenvalue weighted by molar-refractivity contribution is 0.217. The zero-order valence-corrected chi connectivity index (χ0v) is 15.4. The van der Waals surface area contributed by atoms with E-state index in [4.69, 9.17) is 0 Å². The van der Waals surface area contributed by atoms with Crippen molar-refractivity contribution in [3.8, 4) is 16.5 Å². The first-order valence-corrected chi connectivity index (χ1v) is 10.1. The first-order valence-electron chi connectivity index (χ1n) is 8.48. The van der Waals surface area contributed by atoms with Gasteiger partial charge >= 0.3 is 0 Å². The van der Waals surface area contributed by atoms with Gasteiger partial charge in [-0.15, -0.1) is 22.7 Å². The number of aliphatic hydroxyl groups excluding tert-OH is 1. The summed E-state index contributed by atoms with van der Waals surface area (Å²) in [6.07, 6.45) is 5.36. The maximum atomic E-state index is 11.1. The van der Waals surface area contributed by atoms with E-state index in [1.54, 1.807) is 29.0 Å². The third-order valence-electron chi connectivity index (χ3n) is 4.75. The van der Waals surface area contributed by atoms with Crippen molar-refractivity contribution >= 4 is 27.5 Å². The van der Waals surface area contributed by atoms with Crippen molar-refractivity contribution in [2.24, 2.45) is 0 Å². The van der Waals surface area contributed by atoms with E-state index in [2.05, 4.69) is 11.1 Å². The summed E-state index contributed by atoms with van der Waals surface area (Å²) < 4.78 is 2.02. The fourth-order valence-corrected chi connectivity index (χ4v) is 5.64. The van der Waals surface area contributed by atoms with Crippen LogP contribution in [0.3, 0.4) is 0 Å². The Morgan fingerprint density at radius 1 is 1.19 bits per heavy atom. The predicted octanol–water partition coefficient (Wildman–Crippen LogP) is 4.96. The molecule has 0 aliphatic heterocycles. The fraction of sp³-hybridized carbons (Fsp3) is 0.200. The molecule has 0 bridgehead atoms. The van der Waals surface area contributed by atoms with Gasteiger partial charge in [-0.25, -0.2) is 4.98 Å². The van der Waals surface area contributed by atoms with Crippen molar-refractivity contribution in [1.82, 2.24) is 9.38 Å². The number of fused-ring (bicyclic) bond motifs is 1. The third kappa shape index (κ3) is 2.48. The minimum Gasteiger partial charge on any atom is -0.381 e. The van der Waals surface area contributed by atoms with Crippen LogP contribution in [0.2, 0.25) is 0 Å². The summed E-state index contributed by atoms with van der Waals surface area (Å²) in [5.41, 5.74) is 2.52. The second-order valence-corrected chi connectivity index (χ2v) is 8.67. The summed E-state index contributed by atoms with van der Waals surface area (Å²) in [5.74, 6) is 0.572. The lowest BCUT2D eigenvalue weighted by atomic mass is 10.1. The summed E-state index contributed by atoms with van der Waals surface area (Å²) in [5, 5.41) is 20.5. The van der Waals surface area contributed by atoms with Crippen molar-refractivity contribution < 1.29 is 5.11 Å². The zero-order valence-electron chi connectivity index (χ0n) is 13.8. The summed E-state index contributed by atoms with van der Waals surface area (Å²) in [7, 11) is 0. The van der Waals surface area contributed by atoms with Gasteiger partial charge < -0.3 is 5.11 Å². The van der Waals surface area contributed by atoms with E-state index in [1.165, 1.54) is 17.7 Å². The molecule has 6 heteroatoms. The molecule has 0 radical (unpaired) electrons. The average molecular weight is 377 g/mol. The Balaban J connectivity index is 1.58. The number of thiazole rings is 1. The number of hydrogen-bond donors (Lipinski definition) is 1. The molecule has 4 aromatic rings. The number of nitriles is 1. The van der Waals surface area contributed by atoms with Crippen LogP contribution in [-0.2, 0) is 0 Å². The Hall–Kier alpha value is -2.46. The molecule has 128 valence electrons. The number of aromatic nitrogens is 2. The standard InChI is InChI=1S/C20H15N3OS2/c21-9-13-3-1-2-4-14(13)15-7-8-16(25-15)19(24)18-20(12-5-6-12)26-17-10-22-11-23(17)18/h1-4,7-8,10-12,19,24H,5-6H2. The topological polar surface area (TPSA) is 61.3 Å². The van der Waals surface area contributed by atoms with Crippen LogP contribution in [-0.4, -0.2) is 14.5 Å². The minimum absolute atomic E-state index is 0.572. The number of rotatable bonds is 4. The van der Waals surface area contributed by atoms with Gasteiger partial charge in [-0.3, -0.25) is 4.40 Å². The highest BCUT2D eigenvalue weighted by Gasteiger charge is 2.33.